The molecular weight excluding hydrogens is 376 g/mol. The SMILES string of the molecule is O=C(Cc1ccccc1)Nc1ccc(CCOc2ccccc2-c2cnc[nH]2)cn1. The Morgan fingerprint density at radius 1 is 0.933 bits per heavy atom. The van der Waals surface area contributed by atoms with E-state index in [1.165, 1.54) is 0 Å². The predicted octanol–water partition coefficient (Wildman–Crippen LogP) is 4.27. The fraction of sp³-hybridized carbons (Fsp3) is 0.125. The van der Waals surface area contributed by atoms with E-state index in [9.17, 15) is 4.79 Å². The highest BCUT2D eigenvalue weighted by Crippen LogP contribution is 2.27. The maximum absolute atomic E-state index is 12.1. The quantitative estimate of drug-likeness (QED) is 0.464. The largest absolute Gasteiger partial charge is 0.493 e. The molecule has 30 heavy (non-hydrogen) atoms. The third kappa shape index (κ3) is 5.11. The summed E-state index contributed by atoms with van der Waals surface area (Å²) in [6.45, 7) is 0.520. The molecule has 0 fully saturated rings. The molecule has 4 rings (SSSR count). The summed E-state index contributed by atoms with van der Waals surface area (Å²) in [4.78, 5) is 23.7. The lowest BCUT2D eigenvalue weighted by Crippen LogP contribution is -2.15. The van der Waals surface area contributed by atoms with Crippen molar-refractivity contribution in [3.8, 4) is 17.0 Å². The normalized spacial score (nSPS) is 10.5. The van der Waals surface area contributed by atoms with E-state index in [0.29, 0.717) is 25.3 Å². The predicted molar refractivity (Wildman–Crippen MR) is 116 cm³/mol. The van der Waals surface area contributed by atoms with Crippen LogP contribution in [0.2, 0.25) is 0 Å². The minimum atomic E-state index is -0.0832. The van der Waals surface area contributed by atoms with Crippen LogP contribution in [0.15, 0.2) is 85.5 Å². The van der Waals surface area contributed by atoms with E-state index in [1.807, 2.05) is 66.7 Å². The van der Waals surface area contributed by atoms with Crippen molar-refractivity contribution in [3.05, 3.63) is 96.6 Å². The Kier molecular flexibility index (Phi) is 6.15. The molecule has 6 nitrogen and oxygen atoms in total. The summed E-state index contributed by atoms with van der Waals surface area (Å²) < 4.78 is 5.98. The smallest absolute Gasteiger partial charge is 0.229 e. The molecule has 0 atom stereocenters. The number of nitrogens with zero attached hydrogens (tertiary/aromatic N) is 2. The van der Waals surface area contributed by atoms with Crippen LogP contribution in [0, 0.1) is 0 Å². The number of pyridine rings is 1. The molecule has 0 aliphatic heterocycles. The number of amides is 1. The molecule has 0 aliphatic carbocycles. The van der Waals surface area contributed by atoms with Gasteiger partial charge in [0.25, 0.3) is 0 Å². The molecule has 0 aliphatic rings. The zero-order chi connectivity index (χ0) is 20.6. The van der Waals surface area contributed by atoms with Gasteiger partial charge in [0, 0.05) is 18.2 Å². The fourth-order valence-electron chi connectivity index (χ4n) is 3.11. The highest BCUT2D eigenvalue weighted by atomic mass is 16.5. The Hall–Kier alpha value is -3.93. The molecule has 4 aromatic rings. The van der Waals surface area contributed by atoms with Crippen LogP contribution in [0.4, 0.5) is 5.82 Å². The molecule has 0 saturated heterocycles. The number of hydrogen-bond donors (Lipinski definition) is 2. The molecule has 2 N–H and O–H groups in total. The van der Waals surface area contributed by atoms with E-state index < -0.39 is 0 Å². The first-order valence-electron chi connectivity index (χ1n) is 9.77. The molecule has 2 aromatic heterocycles. The Bertz CT molecular complexity index is 1080. The average molecular weight is 398 g/mol. The van der Waals surface area contributed by atoms with Gasteiger partial charge in [-0.25, -0.2) is 9.97 Å². The number of H-pyrrole nitrogens is 1. The molecule has 0 unspecified atom stereocenters. The summed E-state index contributed by atoms with van der Waals surface area (Å²) in [5.41, 5.74) is 3.90. The van der Waals surface area contributed by atoms with Crippen molar-refractivity contribution in [2.75, 3.05) is 11.9 Å². The highest BCUT2D eigenvalue weighted by molar-refractivity contribution is 5.91. The maximum atomic E-state index is 12.1. The molecule has 0 saturated carbocycles. The van der Waals surface area contributed by atoms with Crippen molar-refractivity contribution in [1.82, 2.24) is 15.0 Å². The van der Waals surface area contributed by atoms with E-state index in [2.05, 4.69) is 20.3 Å². The van der Waals surface area contributed by atoms with E-state index in [4.69, 9.17) is 4.74 Å². The molecule has 1 amide bonds. The van der Waals surface area contributed by atoms with Gasteiger partial charge in [0.2, 0.25) is 5.91 Å². The number of anilines is 1. The van der Waals surface area contributed by atoms with Crippen LogP contribution in [-0.2, 0) is 17.6 Å². The number of carbonyl (C=O) groups excluding carboxylic acids is 1. The second kappa shape index (κ2) is 9.52. The first-order chi connectivity index (χ1) is 14.8. The van der Waals surface area contributed by atoms with Gasteiger partial charge < -0.3 is 15.0 Å². The first kappa shape index (κ1) is 19.4. The summed E-state index contributed by atoms with van der Waals surface area (Å²) in [6.07, 6.45) is 6.23. The van der Waals surface area contributed by atoms with Crippen LogP contribution in [0.1, 0.15) is 11.1 Å². The van der Waals surface area contributed by atoms with Gasteiger partial charge in [-0.15, -0.1) is 0 Å². The number of para-hydroxylation sites is 1. The lowest BCUT2D eigenvalue weighted by atomic mass is 10.1. The number of hydrogen-bond acceptors (Lipinski definition) is 4. The third-order valence-electron chi connectivity index (χ3n) is 4.62. The first-order valence-corrected chi connectivity index (χ1v) is 9.77. The van der Waals surface area contributed by atoms with Gasteiger partial charge in [-0.2, -0.15) is 0 Å². The molecule has 150 valence electrons. The summed E-state index contributed by atoms with van der Waals surface area (Å²) in [6, 6.07) is 21.3. The van der Waals surface area contributed by atoms with Gasteiger partial charge in [-0.1, -0.05) is 48.5 Å². The minimum Gasteiger partial charge on any atom is -0.493 e. The number of imidazole rings is 1. The molecule has 2 heterocycles. The van der Waals surface area contributed by atoms with Crippen LogP contribution in [0.5, 0.6) is 5.75 Å². The number of carbonyl (C=O) groups is 1. The lowest BCUT2D eigenvalue weighted by molar-refractivity contribution is -0.115. The zero-order valence-electron chi connectivity index (χ0n) is 16.4. The van der Waals surface area contributed by atoms with Crippen LogP contribution in [-0.4, -0.2) is 27.5 Å². The summed E-state index contributed by atoms with van der Waals surface area (Å²) >= 11 is 0. The monoisotopic (exact) mass is 398 g/mol. The van der Waals surface area contributed by atoms with E-state index in [0.717, 1.165) is 28.1 Å². The Morgan fingerprint density at radius 3 is 2.53 bits per heavy atom. The molecule has 0 spiro atoms. The minimum absolute atomic E-state index is 0.0832. The number of rotatable bonds is 8. The number of benzene rings is 2. The number of ether oxygens (including phenoxy) is 1. The van der Waals surface area contributed by atoms with Gasteiger partial charge in [0.15, 0.2) is 0 Å². The molecule has 0 bridgehead atoms. The Morgan fingerprint density at radius 2 is 1.77 bits per heavy atom. The van der Waals surface area contributed by atoms with Crippen molar-refractivity contribution < 1.29 is 9.53 Å². The fourth-order valence-corrected chi connectivity index (χ4v) is 3.11. The van der Waals surface area contributed by atoms with E-state index >= 15 is 0 Å². The van der Waals surface area contributed by atoms with Crippen LogP contribution in [0.25, 0.3) is 11.3 Å². The third-order valence-corrected chi connectivity index (χ3v) is 4.62. The van der Waals surface area contributed by atoms with Gasteiger partial charge in [-0.3, -0.25) is 4.79 Å². The second-order valence-electron chi connectivity index (χ2n) is 6.82. The molecule has 2 aromatic carbocycles. The number of aromatic nitrogens is 3. The highest BCUT2D eigenvalue weighted by Gasteiger charge is 2.08. The lowest BCUT2D eigenvalue weighted by Gasteiger charge is -2.10. The molecule has 6 heteroatoms. The average Bonchev–Trinajstić information content (AvgIpc) is 3.31. The van der Waals surface area contributed by atoms with Crippen molar-refractivity contribution >= 4 is 11.7 Å². The van der Waals surface area contributed by atoms with Gasteiger partial charge in [0.05, 0.1) is 31.2 Å². The Balaban J connectivity index is 1.29. The Labute approximate surface area is 175 Å². The number of nitrogens with one attached hydrogen (secondary N) is 2. The van der Waals surface area contributed by atoms with Crippen molar-refractivity contribution in [1.29, 1.82) is 0 Å². The summed E-state index contributed by atoms with van der Waals surface area (Å²) in [5.74, 6) is 1.27. The summed E-state index contributed by atoms with van der Waals surface area (Å²) in [7, 11) is 0. The van der Waals surface area contributed by atoms with Gasteiger partial charge >= 0.3 is 0 Å². The van der Waals surface area contributed by atoms with Crippen LogP contribution < -0.4 is 10.1 Å². The van der Waals surface area contributed by atoms with E-state index in [1.54, 1.807) is 18.7 Å². The number of aromatic amines is 1. The topological polar surface area (TPSA) is 79.9 Å². The van der Waals surface area contributed by atoms with Gasteiger partial charge in [-0.05, 0) is 29.3 Å². The van der Waals surface area contributed by atoms with Crippen molar-refractivity contribution in [2.24, 2.45) is 0 Å². The maximum Gasteiger partial charge on any atom is 0.229 e. The van der Waals surface area contributed by atoms with Gasteiger partial charge in [0.1, 0.15) is 11.6 Å². The zero-order valence-corrected chi connectivity index (χ0v) is 16.4. The summed E-state index contributed by atoms with van der Waals surface area (Å²) in [5, 5.41) is 2.83. The van der Waals surface area contributed by atoms with E-state index in [-0.39, 0.29) is 5.91 Å². The molecular formula is C24H22N4O2. The second-order valence-corrected chi connectivity index (χ2v) is 6.82. The molecule has 0 radical (unpaired) electrons. The van der Waals surface area contributed by atoms with Crippen molar-refractivity contribution in [3.63, 3.8) is 0 Å². The van der Waals surface area contributed by atoms with Crippen LogP contribution >= 0.6 is 0 Å². The van der Waals surface area contributed by atoms with Crippen LogP contribution in [0.3, 0.4) is 0 Å². The van der Waals surface area contributed by atoms with Crippen molar-refractivity contribution in [2.45, 2.75) is 12.8 Å². The standard InChI is InChI=1S/C24H22N4O2/c29-24(14-18-6-2-1-3-7-18)28-23-11-10-19(15-26-23)12-13-30-22-9-5-4-8-20(22)21-16-25-17-27-21/h1-11,15-17H,12-14H2,(H,25,27)(H,26,28,29).